The SMILES string of the molecule is Nc1ccc2c(C(=O)NCCO)csc2c1. The third kappa shape index (κ3) is 2.00. The Labute approximate surface area is 96.7 Å². The summed E-state index contributed by atoms with van der Waals surface area (Å²) in [7, 11) is 0. The molecular weight excluding hydrogens is 224 g/mol. The molecule has 1 amide bonds. The summed E-state index contributed by atoms with van der Waals surface area (Å²) in [5.41, 5.74) is 6.99. The lowest BCUT2D eigenvalue weighted by Gasteiger charge is -2.01. The molecule has 0 bridgehead atoms. The number of amides is 1. The predicted octanol–water partition coefficient (Wildman–Crippen LogP) is 1.21. The van der Waals surface area contributed by atoms with Crippen LogP contribution in [0.3, 0.4) is 0 Å². The van der Waals surface area contributed by atoms with Crippen molar-refractivity contribution in [3.05, 3.63) is 29.1 Å². The first-order valence-corrected chi connectivity index (χ1v) is 5.76. The lowest BCUT2D eigenvalue weighted by atomic mass is 10.1. The number of nitrogens with two attached hydrogens (primary N) is 1. The van der Waals surface area contributed by atoms with E-state index in [1.807, 2.05) is 12.1 Å². The summed E-state index contributed by atoms with van der Waals surface area (Å²) in [6.07, 6.45) is 0. The maximum absolute atomic E-state index is 11.7. The maximum Gasteiger partial charge on any atom is 0.252 e. The van der Waals surface area contributed by atoms with E-state index in [9.17, 15) is 4.79 Å². The van der Waals surface area contributed by atoms with Gasteiger partial charge in [-0.1, -0.05) is 6.07 Å². The van der Waals surface area contributed by atoms with Crippen LogP contribution in [-0.2, 0) is 0 Å². The quantitative estimate of drug-likeness (QED) is 0.701. The average molecular weight is 236 g/mol. The maximum atomic E-state index is 11.7. The minimum atomic E-state index is -0.162. The lowest BCUT2D eigenvalue weighted by molar-refractivity contribution is 0.0947. The van der Waals surface area contributed by atoms with Crippen LogP contribution in [-0.4, -0.2) is 24.2 Å². The van der Waals surface area contributed by atoms with Gasteiger partial charge in [0.25, 0.3) is 5.91 Å². The van der Waals surface area contributed by atoms with Gasteiger partial charge in [0.2, 0.25) is 0 Å². The normalized spacial score (nSPS) is 10.6. The van der Waals surface area contributed by atoms with Crippen LogP contribution < -0.4 is 11.1 Å². The van der Waals surface area contributed by atoms with Gasteiger partial charge in [0.1, 0.15) is 0 Å². The molecule has 84 valence electrons. The highest BCUT2D eigenvalue weighted by Crippen LogP contribution is 2.27. The standard InChI is InChI=1S/C11H12N2O2S/c12-7-1-2-8-9(6-16-10(8)5-7)11(15)13-3-4-14/h1-2,5-6,14H,3-4,12H2,(H,13,15). The Hall–Kier alpha value is -1.59. The number of carbonyl (C=O) groups excluding carboxylic acids is 1. The van der Waals surface area contributed by atoms with E-state index < -0.39 is 0 Å². The summed E-state index contributed by atoms with van der Waals surface area (Å²) in [5, 5.41) is 14.0. The van der Waals surface area contributed by atoms with Crippen LogP contribution >= 0.6 is 11.3 Å². The van der Waals surface area contributed by atoms with E-state index >= 15 is 0 Å². The van der Waals surface area contributed by atoms with Crippen LogP contribution in [0.4, 0.5) is 5.69 Å². The molecule has 0 aliphatic heterocycles. The molecule has 4 N–H and O–H groups in total. The molecule has 0 radical (unpaired) electrons. The van der Waals surface area contributed by atoms with Gasteiger partial charge in [-0.3, -0.25) is 4.79 Å². The van der Waals surface area contributed by atoms with E-state index in [-0.39, 0.29) is 19.1 Å². The average Bonchev–Trinajstić information content (AvgIpc) is 2.68. The highest BCUT2D eigenvalue weighted by molar-refractivity contribution is 7.17. The number of thiophene rings is 1. The Morgan fingerprint density at radius 2 is 2.31 bits per heavy atom. The zero-order chi connectivity index (χ0) is 11.5. The molecule has 1 aromatic carbocycles. The minimum Gasteiger partial charge on any atom is -0.399 e. The van der Waals surface area contributed by atoms with Crippen molar-refractivity contribution in [2.24, 2.45) is 0 Å². The highest BCUT2D eigenvalue weighted by atomic mass is 32.1. The van der Waals surface area contributed by atoms with Gasteiger partial charge >= 0.3 is 0 Å². The number of anilines is 1. The van der Waals surface area contributed by atoms with E-state index in [2.05, 4.69) is 5.32 Å². The Morgan fingerprint density at radius 1 is 1.50 bits per heavy atom. The van der Waals surface area contributed by atoms with E-state index in [0.29, 0.717) is 11.3 Å². The molecule has 1 aromatic heterocycles. The molecule has 0 aliphatic rings. The molecule has 0 saturated carbocycles. The molecule has 0 fully saturated rings. The van der Waals surface area contributed by atoms with Crippen LogP contribution in [0.15, 0.2) is 23.6 Å². The number of benzene rings is 1. The predicted molar refractivity (Wildman–Crippen MR) is 65.7 cm³/mol. The summed E-state index contributed by atoms with van der Waals surface area (Å²) < 4.78 is 0.995. The van der Waals surface area contributed by atoms with E-state index in [1.54, 1.807) is 11.4 Å². The molecule has 1 heterocycles. The van der Waals surface area contributed by atoms with Gasteiger partial charge in [-0.15, -0.1) is 11.3 Å². The van der Waals surface area contributed by atoms with Gasteiger partial charge in [0, 0.05) is 27.7 Å². The molecule has 5 heteroatoms. The number of fused-ring (bicyclic) bond motifs is 1. The van der Waals surface area contributed by atoms with E-state index in [4.69, 9.17) is 10.8 Å². The third-order valence-electron chi connectivity index (χ3n) is 2.24. The number of carbonyl (C=O) groups is 1. The van der Waals surface area contributed by atoms with E-state index in [1.165, 1.54) is 11.3 Å². The number of aliphatic hydroxyl groups excluding tert-OH is 1. The summed E-state index contributed by atoms with van der Waals surface area (Å²) in [6.45, 7) is 0.214. The topological polar surface area (TPSA) is 75.4 Å². The van der Waals surface area contributed by atoms with Crippen molar-refractivity contribution in [2.75, 3.05) is 18.9 Å². The van der Waals surface area contributed by atoms with Crippen molar-refractivity contribution in [1.29, 1.82) is 0 Å². The highest BCUT2D eigenvalue weighted by Gasteiger charge is 2.11. The minimum absolute atomic E-state index is 0.0548. The van der Waals surface area contributed by atoms with E-state index in [0.717, 1.165) is 10.1 Å². The summed E-state index contributed by atoms with van der Waals surface area (Å²) >= 11 is 1.49. The van der Waals surface area contributed by atoms with Crippen molar-refractivity contribution in [2.45, 2.75) is 0 Å². The number of aliphatic hydroxyl groups is 1. The number of hydrogen-bond acceptors (Lipinski definition) is 4. The van der Waals surface area contributed by atoms with Crippen LogP contribution in [0.1, 0.15) is 10.4 Å². The lowest BCUT2D eigenvalue weighted by Crippen LogP contribution is -2.26. The van der Waals surface area contributed by atoms with Gasteiger partial charge < -0.3 is 16.2 Å². The molecule has 16 heavy (non-hydrogen) atoms. The summed E-state index contributed by atoms with van der Waals surface area (Å²) in [6, 6.07) is 5.47. The smallest absolute Gasteiger partial charge is 0.252 e. The fraction of sp³-hybridized carbons (Fsp3) is 0.182. The second-order valence-electron chi connectivity index (χ2n) is 3.38. The number of nitrogens with one attached hydrogen (secondary N) is 1. The van der Waals surface area contributed by atoms with Crippen LogP contribution in [0, 0.1) is 0 Å². The molecule has 0 spiro atoms. The van der Waals surface area contributed by atoms with Gasteiger partial charge in [-0.25, -0.2) is 0 Å². The zero-order valence-corrected chi connectivity index (χ0v) is 9.38. The molecule has 0 unspecified atom stereocenters. The molecule has 0 saturated heterocycles. The van der Waals surface area contributed by atoms with Crippen molar-refractivity contribution >= 4 is 33.0 Å². The number of rotatable bonds is 3. The molecule has 4 nitrogen and oxygen atoms in total. The van der Waals surface area contributed by atoms with Gasteiger partial charge in [0.05, 0.1) is 12.2 Å². The first kappa shape index (κ1) is 10.9. The fourth-order valence-corrected chi connectivity index (χ4v) is 2.47. The molecule has 0 aliphatic carbocycles. The van der Waals surface area contributed by atoms with Crippen molar-refractivity contribution in [3.8, 4) is 0 Å². The Kier molecular flexibility index (Phi) is 3.07. The first-order chi connectivity index (χ1) is 7.72. The second-order valence-corrected chi connectivity index (χ2v) is 4.30. The molecule has 2 aromatic rings. The zero-order valence-electron chi connectivity index (χ0n) is 8.56. The number of hydrogen-bond donors (Lipinski definition) is 3. The Morgan fingerprint density at radius 3 is 3.06 bits per heavy atom. The number of nitrogen functional groups attached to an aromatic ring is 1. The fourth-order valence-electron chi connectivity index (χ4n) is 1.49. The Bertz CT molecular complexity index is 522. The van der Waals surface area contributed by atoms with Crippen molar-refractivity contribution in [3.63, 3.8) is 0 Å². The summed E-state index contributed by atoms with van der Waals surface area (Å²) in [5.74, 6) is -0.162. The van der Waals surface area contributed by atoms with Gasteiger partial charge in [0.15, 0.2) is 0 Å². The van der Waals surface area contributed by atoms with Crippen molar-refractivity contribution in [1.82, 2.24) is 5.32 Å². The third-order valence-corrected chi connectivity index (χ3v) is 3.19. The van der Waals surface area contributed by atoms with Crippen LogP contribution in [0.2, 0.25) is 0 Å². The van der Waals surface area contributed by atoms with Crippen LogP contribution in [0.5, 0.6) is 0 Å². The largest absolute Gasteiger partial charge is 0.399 e. The summed E-state index contributed by atoms with van der Waals surface area (Å²) in [4.78, 5) is 11.7. The van der Waals surface area contributed by atoms with Crippen molar-refractivity contribution < 1.29 is 9.90 Å². The van der Waals surface area contributed by atoms with Crippen LogP contribution in [0.25, 0.3) is 10.1 Å². The monoisotopic (exact) mass is 236 g/mol. The molecular formula is C11H12N2O2S. The Balaban J connectivity index is 2.34. The molecule has 0 atom stereocenters. The second kappa shape index (κ2) is 4.51. The van der Waals surface area contributed by atoms with Gasteiger partial charge in [-0.05, 0) is 12.1 Å². The first-order valence-electron chi connectivity index (χ1n) is 4.88. The van der Waals surface area contributed by atoms with Gasteiger partial charge in [-0.2, -0.15) is 0 Å². The molecule has 2 rings (SSSR count).